The maximum atomic E-state index is 12.4. The molecule has 0 aliphatic heterocycles. The molecule has 0 aromatic heterocycles. The van der Waals surface area contributed by atoms with Gasteiger partial charge in [-0.25, -0.2) is 4.79 Å². The fourth-order valence-corrected chi connectivity index (χ4v) is 5.77. The van der Waals surface area contributed by atoms with Gasteiger partial charge in [0, 0.05) is 13.1 Å². The standard InChI is InChI=1S/C17H28N2O2S/c1-3-18-15(22)19(16(20)21-4-2)11-17-8-12-5-13(9-17)7-14(6-12)10-17/h12-14H,3-11H2,1-2H3,(H,18,22). The second-order valence-corrected chi connectivity index (χ2v) is 7.92. The van der Waals surface area contributed by atoms with E-state index in [2.05, 4.69) is 5.32 Å². The Labute approximate surface area is 139 Å². The van der Waals surface area contributed by atoms with Crippen molar-refractivity contribution in [2.45, 2.75) is 52.4 Å². The molecule has 0 spiro atoms. The van der Waals surface area contributed by atoms with Crippen LogP contribution in [0.3, 0.4) is 0 Å². The Hall–Kier alpha value is -0.840. The number of carbonyl (C=O) groups excluding carboxylic acids is 1. The van der Waals surface area contributed by atoms with E-state index >= 15 is 0 Å². The topological polar surface area (TPSA) is 41.6 Å². The lowest BCUT2D eigenvalue weighted by Crippen LogP contribution is -2.55. The monoisotopic (exact) mass is 324 g/mol. The Morgan fingerprint density at radius 2 is 1.73 bits per heavy atom. The van der Waals surface area contributed by atoms with Gasteiger partial charge in [0.05, 0.1) is 6.61 Å². The molecule has 22 heavy (non-hydrogen) atoms. The molecule has 5 heteroatoms. The van der Waals surface area contributed by atoms with Gasteiger partial charge in [0.1, 0.15) is 0 Å². The number of carbonyl (C=O) groups is 1. The fourth-order valence-electron chi connectivity index (χ4n) is 5.49. The van der Waals surface area contributed by atoms with E-state index in [1.165, 1.54) is 38.5 Å². The first-order chi connectivity index (χ1) is 10.5. The predicted molar refractivity (Wildman–Crippen MR) is 90.6 cm³/mol. The van der Waals surface area contributed by atoms with Crippen LogP contribution in [-0.4, -0.2) is 35.8 Å². The van der Waals surface area contributed by atoms with Crippen LogP contribution in [0.2, 0.25) is 0 Å². The molecular formula is C17H28N2O2S. The molecule has 4 aliphatic rings. The van der Waals surface area contributed by atoms with Crippen LogP contribution in [0, 0.1) is 23.2 Å². The van der Waals surface area contributed by atoms with Crippen molar-refractivity contribution >= 4 is 23.4 Å². The molecule has 4 rings (SSSR count). The Balaban J connectivity index is 1.74. The molecule has 0 unspecified atom stereocenters. The number of amides is 1. The first-order valence-corrected chi connectivity index (χ1v) is 9.18. The number of nitrogens with one attached hydrogen (secondary N) is 1. The van der Waals surface area contributed by atoms with E-state index in [-0.39, 0.29) is 11.5 Å². The van der Waals surface area contributed by atoms with Crippen LogP contribution < -0.4 is 5.32 Å². The first-order valence-electron chi connectivity index (χ1n) is 8.77. The van der Waals surface area contributed by atoms with E-state index in [4.69, 9.17) is 17.0 Å². The number of ether oxygens (including phenoxy) is 1. The molecular weight excluding hydrogens is 296 g/mol. The van der Waals surface area contributed by atoms with E-state index in [1.54, 1.807) is 4.90 Å². The molecule has 1 N–H and O–H groups in total. The maximum Gasteiger partial charge on any atom is 0.416 e. The quantitative estimate of drug-likeness (QED) is 0.803. The summed E-state index contributed by atoms with van der Waals surface area (Å²) in [5, 5.41) is 3.65. The SMILES string of the molecule is CCNC(=S)N(CC12CC3CC(CC(C3)C1)C2)C(=O)OCC. The smallest absolute Gasteiger partial charge is 0.416 e. The number of hydrogen-bond acceptors (Lipinski definition) is 3. The highest BCUT2D eigenvalue weighted by atomic mass is 32.1. The Kier molecular flexibility index (Phi) is 4.62. The van der Waals surface area contributed by atoms with Crippen molar-refractivity contribution in [1.29, 1.82) is 0 Å². The molecule has 0 atom stereocenters. The van der Waals surface area contributed by atoms with Crippen molar-refractivity contribution in [2.75, 3.05) is 19.7 Å². The van der Waals surface area contributed by atoms with Gasteiger partial charge in [-0.05, 0) is 87.8 Å². The third kappa shape index (κ3) is 3.10. The Morgan fingerprint density at radius 1 is 1.18 bits per heavy atom. The molecule has 0 aromatic rings. The lowest BCUT2D eigenvalue weighted by Gasteiger charge is -2.57. The van der Waals surface area contributed by atoms with Crippen molar-refractivity contribution in [2.24, 2.45) is 23.2 Å². The fraction of sp³-hybridized carbons (Fsp3) is 0.882. The third-order valence-corrected chi connectivity index (χ3v) is 6.08. The average molecular weight is 324 g/mol. The van der Waals surface area contributed by atoms with Gasteiger partial charge < -0.3 is 10.1 Å². The summed E-state index contributed by atoms with van der Waals surface area (Å²) < 4.78 is 5.24. The molecule has 4 bridgehead atoms. The van der Waals surface area contributed by atoms with Crippen molar-refractivity contribution in [3.8, 4) is 0 Å². The van der Waals surface area contributed by atoms with Crippen molar-refractivity contribution < 1.29 is 9.53 Å². The van der Waals surface area contributed by atoms with E-state index < -0.39 is 0 Å². The minimum atomic E-state index is -0.288. The number of nitrogens with zero attached hydrogens (tertiary/aromatic N) is 1. The summed E-state index contributed by atoms with van der Waals surface area (Å²) in [6.45, 7) is 5.71. The molecule has 4 aliphatic carbocycles. The zero-order valence-electron chi connectivity index (χ0n) is 13.8. The van der Waals surface area contributed by atoms with Crippen molar-refractivity contribution in [3.63, 3.8) is 0 Å². The summed E-state index contributed by atoms with van der Waals surface area (Å²) in [5.41, 5.74) is 0.279. The van der Waals surface area contributed by atoms with E-state index in [0.29, 0.717) is 11.7 Å². The summed E-state index contributed by atoms with van der Waals surface area (Å²) in [4.78, 5) is 14.0. The average Bonchev–Trinajstić information content (AvgIpc) is 2.43. The molecule has 4 saturated carbocycles. The van der Waals surface area contributed by atoms with Crippen LogP contribution in [0.5, 0.6) is 0 Å². The van der Waals surface area contributed by atoms with Crippen LogP contribution >= 0.6 is 12.2 Å². The predicted octanol–water partition coefficient (Wildman–Crippen LogP) is 3.56. The summed E-state index contributed by atoms with van der Waals surface area (Å²) >= 11 is 5.43. The summed E-state index contributed by atoms with van der Waals surface area (Å²) in [7, 11) is 0. The van der Waals surface area contributed by atoms with E-state index in [0.717, 1.165) is 30.8 Å². The highest BCUT2D eigenvalue weighted by Gasteiger charge is 2.52. The molecule has 124 valence electrons. The van der Waals surface area contributed by atoms with Crippen LogP contribution in [0.15, 0.2) is 0 Å². The van der Waals surface area contributed by atoms with Crippen LogP contribution in [0.4, 0.5) is 4.79 Å². The lowest BCUT2D eigenvalue weighted by atomic mass is 9.49. The van der Waals surface area contributed by atoms with E-state index in [9.17, 15) is 4.79 Å². The molecule has 0 saturated heterocycles. The lowest BCUT2D eigenvalue weighted by molar-refractivity contribution is -0.0605. The Morgan fingerprint density at radius 3 is 2.18 bits per heavy atom. The van der Waals surface area contributed by atoms with Crippen molar-refractivity contribution in [1.82, 2.24) is 10.2 Å². The summed E-state index contributed by atoms with van der Waals surface area (Å²) in [6.07, 6.45) is 7.75. The zero-order valence-corrected chi connectivity index (χ0v) is 14.6. The second kappa shape index (κ2) is 6.34. The van der Waals surface area contributed by atoms with Crippen LogP contribution in [-0.2, 0) is 4.74 Å². The summed E-state index contributed by atoms with van der Waals surface area (Å²) in [5.74, 6) is 2.63. The minimum absolute atomic E-state index is 0.279. The highest BCUT2D eigenvalue weighted by molar-refractivity contribution is 7.80. The number of rotatable bonds is 4. The van der Waals surface area contributed by atoms with Gasteiger partial charge in [-0.15, -0.1) is 0 Å². The van der Waals surface area contributed by atoms with Crippen molar-refractivity contribution in [3.05, 3.63) is 0 Å². The number of hydrogen-bond donors (Lipinski definition) is 1. The molecule has 0 aromatic carbocycles. The molecule has 4 nitrogen and oxygen atoms in total. The first kappa shape index (κ1) is 16.0. The van der Waals surface area contributed by atoms with Crippen LogP contribution in [0.25, 0.3) is 0 Å². The van der Waals surface area contributed by atoms with Crippen LogP contribution in [0.1, 0.15) is 52.4 Å². The van der Waals surface area contributed by atoms with Gasteiger partial charge in [-0.1, -0.05) is 0 Å². The van der Waals surface area contributed by atoms with Gasteiger partial charge in [0.15, 0.2) is 5.11 Å². The molecule has 1 amide bonds. The molecule has 0 radical (unpaired) electrons. The molecule has 0 heterocycles. The molecule has 4 fully saturated rings. The van der Waals surface area contributed by atoms with E-state index in [1.807, 2.05) is 13.8 Å². The normalized spacial score (nSPS) is 35.3. The highest BCUT2D eigenvalue weighted by Crippen LogP contribution is 2.60. The van der Waals surface area contributed by atoms with Gasteiger partial charge >= 0.3 is 6.09 Å². The summed E-state index contributed by atoms with van der Waals surface area (Å²) in [6, 6.07) is 0. The van der Waals surface area contributed by atoms with Gasteiger partial charge in [0.25, 0.3) is 0 Å². The largest absolute Gasteiger partial charge is 0.449 e. The zero-order chi connectivity index (χ0) is 15.7. The van der Waals surface area contributed by atoms with Gasteiger partial charge in [0.2, 0.25) is 0 Å². The van der Waals surface area contributed by atoms with Gasteiger partial charge in [-0.2, -0.15) is 0 Å². The third-order valence-electron chi connectivity index (χ3n) is 5.72. The number of thiocarbonyl (C=S) groups is 1. The second-order valence-electron chi connectivity index (χ2n) is 7.54. The minimum Gasteiger partial charge on any atom is -0.449 e. The Bertz CT molecular complexity index is 399. The van der Waals surface area contributed by atoms with Gasteiger partial charge in [-0.3, -0.25) is 4.90 Å². The maximum absolute atomic E-state index is 12.4.